The Bertz CT molecular complexity index is 570. The van der Waals surface area contributed by atoms with Crippen molar-refractivity contribution in [2.45, 2.75) is 32.2 Å². The first-order valence-electron chi connectivity index (χ1n) is 6.61. The van der Waals surface area contributed by atoms with Crippen molar-refractivity contribution >= 4 is 11.6 Å². The fourth-order valence-corrected chi connectivity index (χ4v) is 1.82. The number of carbonyl (C=O) groups excluding carboxylic acids is 1. The largest absolute Gasteiger partial charge is 0.326 e. The standard InChI is InChI=1S/C15H20N4O/c1-15(2,16)7-6-14(20)18-12-4-3-5-13(10-12)19-9-8-17-11-19/h3-5,8-11H,6-7,16H2,1-2H3,(H,18,20). The molecule has 1 aromatic carbocycles. The van der Waals surface area contributed by atoms with Gasteiger partial charge in [-0.3, -0.25) is 4.79 Å². The lowest BCUT2D eigenvalue weighted by Crippen LogP contribution is -2.33. The van der Waals surface area contributed by atoms with E-state index in [-0.39, 0.29) is 11.4 Å². The molecule has 1 heterocycles. The Morgan fingerprint density at radius 3 is 2.90 bits per heavy atom. The summed E-state index contributed by atoms with van der Waals surface area (Å²) in [6.45, 7) is 3.83. The first-order valence-corrected chi connectivity index (χ1v) is 6.61. The van der Waals surface area contributed by atoms with E-state index in [1.165, 1.54) is 0 Å². The van der Waals surface area contributed by atoms with Gasteiger partial charge in [0.1, 0.15) is 0 Å². The number of imidazole rings is 1. The molecule has 20 heavy (non-hydrogen) atoms. The van der Waals surface area contributed by atoms with E-state index in [2.05, 4.69) is 10.3 Å². The van der Waals surface area contributed by atoms with Gasteiger partial charge in [-0.2, -0.15) is 0 Å². The molecule has 0 unspecified atom stereocenters. The van der Waals surface area contributed by atoms with Gasteiger partial charge in [0.05, 0.1) is 6.33 Å². The average molecular weight is 272 g/mol. The maximum absolute atomic E-state index is 11.9. The summed E-state index contributed by atoms with van der Waals surface area (Å²) < 4.78 is 1.89. The summed E-state index contributed by atoms with van der Waals surface area (Å²) in [6, 6.07) is 7.64. The first-order chi connectivity index (χ1) is 9.44. The highest BCUT2D eigenvalue weighted by molar-refractivity contribution is 5.91. The highest BCUT2D eigenvalue weighted by atomic mass is 16.1. The van der Waals surface area contributed by atoms with E-state index >= 15 is 0 Å². The van der Waals surface area contributed by atoms with Gasteiger partial charge < -0.3 is 15.6 Å². The summed E-state index contributed by atoms with van der Waals surface area (Å²) in [7, 11) is 0. The van der Waals surface area contributed by atoms with Gasteiger partial charge in [0.15, 0.2) is 0 Å². The molecule has 2 aromatic rings. The second-order valence-electron chi connectivity index (χ2n) is 5.56. The van der Waals surface area contributed by atoms with Crippen LogP contribution in [-0.4, -0.2) is 21.0 Å². The third kappa shape index (κ3) is 4.20. The van der Waals surface area contributed by atoms with Gasteiger partial charge in [0.2, 0.25) is 5.91 Å². The normalized spacial score (nSPS) is 11.3. The van der Waals surface area contributed by atoms with Crippen molar-refractivity contribution in [3.05, 3.63) is 43.0 Å². The summed E-state index contributed by atoms with van der Waals surface area (Å²) in [5.74, 6) is -0.0219. The third-order valence-electron chi connectivity index (χ3n) is 2.93. The number of nitrogens with one attached hydrogen (secondary N) is 1. The monoisotopic (exact) mass is 272 g/mol. The molecule has 5 heteroatoms. The van der Waals surface area contributed by atoms with Crippen LogP contribution in [0.4, 0.5) is 5.69 Å². The van der Waals surface area contributed by atoms with Crippen LogP contribution < -0.4 is 11.1 Å². The first kappa shape index (κ1) is 14.3. The number of nitrogens with two attached hydrogens (primary N) is 1. The van der Waals surface area contributed by atoms with Crippen LogP contribution in [0.15, 0.2) is 43.0 Å². The highest BCUT2D eigenvalue weighted by Gasteiger charge is 2.13. The number of rotatable bonds is 5. The molecular formula is C15H20N4O. The Kier molecular flexibility index (Phi) is 4.20. The SMILES string of the molecule is CC(C)(N)CCC(=O)Nc1cccc(-n2ccnc2)c1. The minimum atomic E-state index is -0.323. The molecule has 0 saturated heterocycles. The summed E-state index contributed by atoms with van der Waals surface area (Å²) >= 11 is 0. The lowest BCUT2D eigenvalue weighted by atomic mass is 10.00. The quantitative estimate of drug-likeness (QED) is 0.877. The minimum Gasteiger partial charge on any atom is -0.326 e. The van der Waals surface area contributed by atoms with Crippen molar-refractivity contribution in [3.8, 4) is 5.69 Å². The number of anilines is 1. The van der Waals surface area contributed by atoms with Crippen molar-refractivity contribution in [3.63, 3.8) is 0 Å². The van der Waals surface area contributed by atoms with Crippen LogP contribution in [0.1, 0.15) is 26.7 Å². The summed E-state index contributed by atoms with van der Waals surface area (Å²) in [5.41, 5.74) is 7.28. The predicted octanol–water partition coefficient (Wildman–Crippen LogP) is 2.33. The molecule has 0 aliphatic heterocycles. The number of benzene rings is 1. The maximum atomic E-state index is 11.9. The smallest absolute Gasteiger partial charge is 0.224 e. The van der Waals surface area contributed by atoms with E-state index in [0.29, 0.717) is 12.8 Å². The number of hydrogen-bond donors (Lipinski definition) is 2. The second kappa shape index (κ2) is 5.88. The van der Waals surface area contributed by atoms with Gasteiger partial charge in [0, 0.05) is 35.7 Å². The van der Waals surface area contributed by atoms with Crippen LogP contribution in [0.3, 0.4) is 0 Å². The molecule has 0 atom stereocenters. The highest BCUT2D eigenvalue weighted by Crippen LogP contribution is 2.15. The van der Waals surface area contributed by atoms with E-state index in [0.717, 1.165) is 11.4 Å². The average Bonchev–Trinajstić information content (AvgIpc) is 2.90. The van der Waals surface area contributed by atoms with Crippen LogP contribution in [0, 0.1) is 0 Å². The van der Waals surface area contributed by atoms with Crippen molar-refractivity contribution in [2.75, 3.05) is 5.32 Å². The molecule has 1 amide bonds. The molecule has 0 radical (unpaired) electrons. The van der Waals surface area contributed by atoms with Gasteiger partial charge in [-0.15, -0.1) is 0 Å². The number of amides is 1. The topological polar surface area (TPSA) is 72.9 Å². The zero-order chi connectivity index (χ0) is 14.6. The van der Waals surface area contributed by atoms with Crippen molar-refractivity contribution < 1.29 is 4.79 Å². The van der Waals surface area contributed by atoms with Gasteiger partial charge in [-0.25, -0.2) is 4.98 Å². The molecule has 5 nitrogen and oxygen atoms in total. The van der Waals surface area contributed by atoms with Gasteiger partial charge >= 0.3 is 0 Å². The van der Waals surface area contributed by atoms with E-state index in [9.17, 15) is 4.79 Å². The van der Waals surface area contributed by atoms with Crippen molar-refractivity contribution in [2.24, 2.45) is 5.73 Å². The minimum absolute atomic E-state index is 0.0219. The Balaban J connectivity index is 2.00. The molecule has 1 aromatic heterocycles. The zero-order valence-corrected chi connectivity index (χ0v) is 11.8. The summed E-state index contributed by atoms with van der Waals surface area (Å²) in [5, 5.41) is 2.89. The summed E-state index contributed by atoms with van der Waals surface area (Å²) in [4.78, 5) is 15.9. The van der Waals surface area contributed by atoms with Crippen LogP contribution in [0.2, 0.25) is 0 Å². The molecule has 0 saturated carbocycles. The second-order valence-corrected chi connectivity index (χ2v) is 5.56. The number of nitrogens with zero attached hydrogens (tertiary/aromatic N) is 2. The molecule has 3 N–H and O–H groups in total. The molecule has 2 rings (SSSR count). The van der Waals surface area contributed by atoms with Crippen molar-refractivity contribution in [1.82, 2.24) is 9.55 Å². The van der Waals surface area contributed by atoms with E-state index in [1.54, 1.807) is 12.5 Å². The fraction of sp³-hybridized carbons (Fsp3) is 0.333. The molecular weight excluding hydrogens is 252 g/mol. The third-order valence-corrected chi connectivity index (χ3v) is 2.93. The van der Waals surface area contributed by atoms with Gasteiger partial charge in [0.25, 0.3) is 0 Å². The van der Waals surface area contributed by atoms with E-state index in [4.69, 9.17) is 5.73 Å². The van der Waals surface area contributed by atoms with Crippen molar-refractivity contribution in [1.29, 1.82) is 0 Å². The lowest BCUT2D eigenvalue weighted by molar-refractivity contribution is -0.116. The van der Waals surface area contributed by atoms with E-state index < -0.39 is 0 Å². The Morgan fingerprint density at radius 2 is 2.25 bits per heavy atom. The van der Waals surface area contributed by atoms with E-state index in [1.807, 2.05) is 48.9 Å². The number of hydrogen-bond acceptors (Lipinski definition) is 3. The lowest BCUT2D eigenvalue weighted by Gasteiger charge is -2.17. The molecule has 0 aliphatic carbocycles. The Hall–Kier alpha value is -2.14. The maximum Gasteiger partial charge on any atom is 0.224 e. The van der Waals surface area contributed by atoms with Crippen LogP contribution in [-0.2, 0) is 4.79 Å². The van der Waals surface area contributed by atoms with Gasteiger partial charge in [-0.1, -0.05) is 6.07 Å². The number of carbonyl (C=O) groups is 1. The van der Waals surface area contributed by atoms with Crippen LogP contribution in [0.25, 0.3) is 5.69 Å². The molecule has 0 fully saturated rings. The number of aromatic nitrogens is 2. The molecule has 0 bridgehead atoms. The Labute approximate surface area is 118 Å². The summed E-state index contributed by atoms with van der Waals surface area (Å²) in [6.07, 6.45) is 6.36. The zero-order valence-electron chi connectivity index (χ0n) is 11.8. The molecule has 0 aliphatic rings. The fourth-order valence-electron chi connectivity index (χ4n) is 1.82. The Morgan fingerprint density at radius 1 is 1.45 bits per heavy atom. The predicted molar refractivity (Wildman–Crippen MR) is 79.7 cm³/mol. The van der Waals surface area contributed by atoms with Gasteiger partial charge in [-0.05, 0) is 38.5 Å². The molecule has 0 spiro atoms. The van der Waals surface area contributed by atoms with Crippen LogP contribution in [0.5, 0.6) is 0 Å². The molecule has 106 valence electrons. The van der Waals surface area contributed by atoms with Crippen LogP contribution >= 0.6 is 0 Å².